The lowest BCUT2D eigenvalue weighted by Crippen LogP contribution is -2.49. The topological polar surface area (TPSA) is 107 Å². The molecule has 1 aliphatic rings. The van der Waals surface area contributed by atoms with E-state index in [2.05, 4.69) is 20.3 Å². The van der Waals surface area contributed by atoms with E-state index in [1.54, 1.807) is 33.4 Å². The normalized spacial score (nSPS) is 19.2. The van der Waals surface area contributed by atoms with Gasteiger partial charge in [-0.15, -0.1) is 0 Å². The predicted octanol–water partition coefficient (Wildman–Crippen LogP) is 2.95. The molecule has 1 fully saturated rings. The van der Waals surface area contributed by atoms with Crippen LogP contribution in [0.5, 0.6) is 0 Å². The fourth-order valence-electron chi connectivity index (χ4n) is 4.09. The Morgan fingerprint density at radius 2 is 2.17 bits per heavy atom. The SMILES string of the molecule is COCCC1(c2noc(-c3cccnc3)n2)CCCN(C(=O)c2c(C)noc2C)C1. The Bertz CT molecular complexity index is 996. The zero-order chi connectivity index (χ0) is 21.1. The number of carbonyl (C=O) groups excluding carboxylic acids is 1. The molecular formula is C21H25N5O4. The third kappa shape index (κ3) is 3.72. The summed E-state index contributed by atoms with van der Waals surface area (Å²) in [6.45, 7) is 5.21. The second-order valence-corrected chi connectivity index (χ2v) is 7.72. The molecule has 9 nitrogen and oxygen atoms in total. The Labute approximate surface area is 174 Å². The highest BCUT2D eigenvalue weighted by Crippen LogP contribution is 2.37. The van der Waals surface area contributed by atoms with Crippen molar-refractivity contribution in [1.82, 2.24) is 25.2 Å². The minimum absolute atomic E-state index is 0.0799. The Morgan fingerprint density at radius 1 is 1.30 bits per heavy atom. The molecule has 1 saturated heterocycles. The van der Waals surface area contributed by atoms with Gasteiger partial charge in [0.2, 0.25) is 0 Å². The smallest absolute Gasteiger partial charge is 0.259 e. The first-order valence-corrected chi connectivity index (χ1v) is 10.00. The molecule has 30 heavy (non-hydrogen) atoms. The number of amides is 1. The van der Waals surface area contributed by atoms with Crippen molar-refractivity contribution in [2.24, 2.45) is 0 Å². The number of nitrogens with zero attached hydrogens (tertiary/aromatic N) is 5. The van der Waals surface area contributed by atoms with E-state index in [1.165, 1.54) is 0 Å². The lowest BCUT2D eigenvalue weighted by molar-refractivity contribution is 0.0564. The Morgan fingerprint density at radius 3 is 2.87 bits per heavy atom. The van der Waals surface area contributed by atoms with Gasteiger partial charge in [0.15, 0.2) is 5.82 Å². The van der Waals surface area contributed by atoms with Crippen LogP contribution in [-0.2, 0) is 10.2 Å². The molecule has 0 N–H and O–H groups in total. The van der Waals surface area contributed by atoms with Crippen LogP contribution in [0.3, 0.4) is 0 Å². The number of piperidine rings is 1. The molecule has 1 unspecified atom stereocenters. The van der Waals surface area contributed by atoms with Crippen LogP contribution in [0.4, 0.5) is 0 Å². The van der Waals surface area contributed by atoms with Gasteiger partial charge in [0.25, 0.3) is 11.8 Å². The number of pyridine rings is 1. The van der Waals surface area contributed by atoms with Crippen molar-refractivity contribution in [3.8, 4) is 11.5 Å². The van der Waals surface area contributed by atoms with Crippen LogP contribution in [-0.4, -0.2) is 57.9 Å². The minimum Gasteiger partial charge on any atom is -0.385 e. The predicted molar refractivity (Wildman–Crippen MR) is 107 cm³/mol. The molecule has 1 amide bonds. The second kappa shape index (κ2) is 8.35. The minimum atomic E-state index is -0.452. The van der Waals surface area contributed by atoms with Crippen molar-refractivity contribution in [2.75, 3.05) is 26.8 Å². The summed E-state index contributed by atoms with van der Waals surface area (Å²) in [7, 11) is 1.67. The van der Waals surface area contributed by atoms with Crippen molar-refractivity contribution >= 4 is 5.91 Å². The summed E-state index contributed by atoms with van der Waals surface area (Å²) in [6, 6.07) is 3.70. The summed E-state index contributed by atoms with van der Waals surface area (Å²) in [5.41, 5.74) is 1.44. The van der Waals surface area contributed by atoms with E-state index >= 15 is 0 Å². The molecule has 0 aromatic carbocycles. The van der Waals surface area contributed by atoms with Gasteiger partial charge in [0.05, 0.1) is 16.7 Å². The first-order valence-electron chi connectivity index (χ1n) is 10.00. The van der Waals surface area contributed by atoms with Gasteiger partial charge < -0.3 is 18.7 Å². The maximum Gasteiger partial charge on any atom is 0.259 e. The van der Waals surface area contributed by atoms with E-state index in [-0.39, 0.29) is 5.91 Å². The van der Waals surface area contributed by atoms with Crippen LogP contribution < -0.4 is 0 Å². The monoisotopic (exact) mass is 411 g/mol. The standard InChI is InChI=1S/C21H25N5O4/c1-14-17(15(2)29-24-14)19(27)26-10-5-7-21(13-26,8-11-28-3)20-23-18(30-25-20)16-6-4-9-22-12-16/h4,6,9,12H,5,7-8,10-11,13H2,1-3H3. The molecule has 4 rings (SSSR count). The zero-order valence-electron chi connectivity index (χ0n) is 17.4. The van der Waals surface area contributed by atoms with Crippen LogP contribution >= 0.6 is 0 Å². The highest BCUT2D eigenvalue weighted by molar-refractivity contribution is 5.96. The number of ether oxygens (including phenoxy) is 1. The number of methoxy groups -OCH3 is 1. The van der Waals surface area contributed by atoms with Gasteiger partial charge in [0, 0.05) is 39.2 Å². The molecule has 3 aromatic rings. The van der Waals surface area contributed by atoms with E-state index in [0.29, 0.717) is 54.8 Å². The Hall–Kier alpha value is -3.07. The van der Waals surface area contributed by atoms with Crippen LogP contribution in [0, 0.1) is 13.8 Å². The van der Waals surface area contributed by atoms with Crippen molar-refractivity contribution in [3.63, 3.8) is 0 Å². The van der Waals surface area contributed by atoms with E-state index in [4.69, 9.17) is 13.8 Å². The molecule has 1 aliphatic heterocycles. The highest BCUT2D eigenvalue weighted by atomic mass is 16.5. The number of hydrogen-bond donors (Lipinski definition) is 0. The lowest BCUT2D eigenvalue weighted by atomic mass is 9.76. The zero-order valence-corrected chi connectivity index (χ0v) is 17.4. The lowest BCUT2D eigenvalue weighted by Gasteiger charge is -2.40. The number of hydrogen-bond acceptors (Lipinski definition) is 8. The molecule has 1 atom stereocenters. The maximum absolute atomic E-state index is 13.2. The summed E-state index contributed by atoms with van der Waals surface area (Å²) >= 11 is 0. The number of aryl methyl sites for hydroxylation is 2. The number of carbonyl (C=O) groups is 1. The average molecular weight is 411 g/mol. The van der Waals surface area contributed by atoms with Crippen LogP contribution in [0.15, 0.2) is 33.6 Å². The average Bonchev–Trinajstić information content (AvgIpc) is 3.40. The first-order chi connectivity index (χ1) is 14.5. The molecule has 0 bridgehead atoms. The summed E-state index contributed by atoms with van der Waals surface area (Å²) < 4.78 is 16.1. The van der Waals surface area contributed by atoms with Gasteiger partial charge in [-0.1, -0.05) is 10.3 Å². The van der Waals surface area contributed by atoms with Crippen molar-refractivity contribution in [1.29, 1.82) is 0 Å². The van der Waals surface area contributed by atoms with E-state index in [0.717, 1.165) is 18.4 Å². The summed E-state index contributed by atoms with van der Waals surface area (Å²) in [4.78, 5) is 23.9. The third-order valence-corrected chi connectivity index (χ3v) is 5.70. The van der Waals surface area contributed by atoms with Gasteiger partial charge in [0.1, 0.15) is 11.3 Å². The van der Waals surface area contributed by atoms with Crippen LogP contribution in [0.25, 0.3) is 11.5 Å². The molecule has 0 aliphatic carbocycles. The molecule has 158 valence electrons. The molecule has 0 spiro atoms. The van der Waals surface area contributed by atoms with Crippen molar-refractivity contribution in [3.05, 3.63) is 47.4 Å². The Kier molecular flexibility index (Phi) is 5.63. The molecule has 4 heterocycles. The second-order valence-electron chi connectivity index (χ2n) is 7.72. The molecular weight excluding hydrogens is 386 g/mol. The number of rotatable bonds is 6. The molecule has 3 aromatic heterocycles. The maximum atomic E-state index is 13.2. The summed E-state index contributed by atoms with van der Waals surface area (Å²) in [5.74, 6) is 1.46. The van der Waals surface area contributed by atoms with E-state index < -0.39 is 5.41 Å². The van der Waals surface area contributed by atoms with Crippen LogP contribution in [0.2, 0.25) is 0 Å². The van der Waals surface area contributed by atoms with Gasteiger partial charge in [-0.2, -0.15) is 4.98 Å². The molecule has 0 saturated carbocycles. The highest BCUT2D eigenvalue weighted by Gasteiger charge is 2.43. The number of aromatic nitrogens is 4. The van der Waals surface area contributed by atoms with Crippen LogP contribution in [0.1, 0.15) is 46.9 Å². The number of likely N-dealkylation sites (tertiary alicyclic amines) is 1. The summed E-state index contributed by atoms with van der Waals surface area (Å²) in [6.07, 6.45) is 5.73. The fraction of sp³-hybridized carbons (Fsp3) is 0.476. The van der Waals surface area contributed by atoms with E-state index in [9.17, 15) is 4.79 Å². The van der Waals surface area contributed by atoms with Crippen molar-refractivity contribution in [2.45, 2.75) is 38.5 Å². The van der Waals surface area contributed by atoms with E-state index in [1.807, 2.05) is 17.0 Å². The third-order valence-electron chi connectivity index (χ3n) is 5.70. The molecule has 9 heteroatoms. The first kappa shape index (κ1) is 20.2. The Balaban J connectivity index is 1.65. The quantitative estimate of drug-likeness (QED) is 0.609. The summed E-state index contributed by atoms with van der Waals surface area (Å²) in [5, 5.41) is 8.22. The van der Waals surface area contributed by atoms with Gasteiger partial charge in [-0.3, -0.25) is 9.78 Å². The van der Waals surface area contributed by atoms with Gasteiger partial charge in [-0.05, 0) is 45.2 Å². The molecule has 0 radical (unpaired) electrons. The fourth-order valence-corrected chi connectivity index (χ4v) is 4.09. The van der Waals surface area contributed by atoms with Gasteiger partial charge in [-0.25, -0.2) is 0 Å². The largest absolute Gasteiger partial charge is 0.385 e. The van der Waals surface area contributed by atoms with Crippen molar-refractivity contribution < 1.29 is 18.6 Å². The van der Waals surface area contributed by atoms with Gasteiger partial charge >= 0.3 is 0 Å².